The van der Waals surface area contributed by atoms with E-state index >= 15 is 0 Å². The van der Waals surface area contributed by atoms with Gasteiger partial charge in [0.05, 0.1) is 10.6 Å². The molecule has 0 saturated carbocycles. The first-order chi connectivity index (χ1) is 9.59. The van der Waals surface area contributed by atoms with Gasteiger partial charge in [-0.05, 0) is 24.1 Å². The van der Waals surface area contributed by atoms with E-state index in [1.165, 1.54) is 5.56 Å². The lowest BCUT2D eigenvalue weighted by atomic mass is 10.1. The van der Waals surface area contributed by atoms with Crippen LogP contribution in [0.1, 0.15) is 15.9 Å². The highest BCUT2D eigenvalue weighted by Crippen LogP contribution is 2.23. The molecule has 1 amide bonds. The fourth-order valence-electron chi connectivity index (χ4n) is 2.00. The van der Waals surface area contributed by atoms with Crippen LogP contribution in [0.2, 0.25) is 5.02 Å². The number of hydrogen-bond donors (Lipinski definition) is 1. The molecule has 0 radical (unpaired) electrons. The maximum Gasteiger partial charge on any atom is 0.257 e. The number of carbonyl (C=O) groups is 1. The van der Waals surface area contributed by atoms with Crippen molar-refractivity contribution in [2.45, 2.75) is 6.42 Å². The topological polar surface area (TPSA) is 46.3 Å². The summed E-state index contributed by atoms with van der Waals surface area (Å²) in [4.78, 5) is 14.0. The Kier molecular flexibility index (Phi) is 4.64. The first-order valence-corrected chi connectivity index (χ1v) is 6.81. The second kappa shape index (κ2) is 6.44. The number of benzene rings is 2. The van der Waals surface area contributed by atoms with Gasteiger partial charge in [-0.1, -0.05) is 48.0 Å². The number of nitrogens with zero attached hydrogens (tertiary/aromatic N) is 1. The van der Waals surface area contributed by atoms with Crippen LogP contribution in [0.3, 0.4) is 0 Å². The number of hydrogen-bond acceptors (Lipinski definition) is 2. The SMILES string of the molecule is CN(CCc1ccccc1)C(=O)c1c(N)cccc1Cl. The molecule has 0 atom stereocenters. The predicted molar refractivity (Wildman–Crippen MR) is 83.0 cm³/mol. The Morgan fingerprint density at radius 2 is 1.85 bits per heavy atom. The second-order valence-electron chi connectivity index (χ2n) is 4.67. The molecule has 0 aliphatic rings. The lowest BCUT2D eigenvalue weighted by molar-refractivity contribution is 0.0798. The molecule has 0 aliphatic heterocycles. The molecule has 3 nitrogen and oxygen atoms in total. The summed E-state index contributed by atoms with van der Waals surface area (Å²) in [5.41, 5.74) is 7.82. The van der Waals surface area contributed by atoms with Gasteiger partial charge < -0.3 is 10.6 Å². The maximum absolute atomic E-state index is 12.4. The molecule has 2 aromatic carbocycles. The number of rotatable bonds is 4. The molecular formula is C16H17ClN2O. The van der Waals surface area contributed by atoms with Crippen molar-refractivity contribution in [1.29, 1.82) is 0 Å². The van der Waals surface area contributed by atoms with E-state index in [0.717, 1.165) is 6.42 Å². The molecule has 104 valence electrons. The third-order valence-electron chi connectivity index (χ3n) is 3.19. The molecule has 4 heteroatoms. The van der Waals surface area contributed by atoms with E-state index in [-0.39, 0.29) is 5.91 Å². The molecule has 0 heterocycles. The lowest BCUT2D eigenvalue weighted by Gasteiger charge is -2.19. The number of carbonyl (C=O) groups excluding carboxylic acids is 1. The van der Waals surface area contributed by atoms with Gasteiger partial charge in [0.2, 0.25) is 0 Å². The summed E-state index contributed by atoms with van der Waals surface area (Å²) in [6.45, 7) is 0.619. The van der Waals surface area contributed by atoms with Crippen LogP contribution < -0.4 is 5.73 Å². The zero-order valence-corrected chi connectivity index (χ0v) is 12.1. The van der Waals surface area contributed by atoms with Crippen molar-refractivity contribution in [2.75, 3.05) is 19.3 Å². The average molecular weight is 289 g/mol. The van der Waals surface area contributed by atoms with Gasteiger partial charge in [-0.25, -0.2) is 0 Å². The minimum absolute atomic E-state index is 0.149. The van der Waals surface area contributed by atoms with Crippen molar-refractivity contribution in [3.8, 4) is 0 Å². The van der Waals surface area contributed by atoms with Crippen LogP contribution in [0.4, 0.5) is 5.69 Å². The summed E-state index contributed by atoms with van der Waals surface area (Å²) in [5.74, 6) is -0.149. The monoisotopic (exact) mass is 288 g/mol. The first-order valence-electron chi connectivity index (χ1n) is 6.43. The van der Waals surface area contributed by atoms with Crippen molar-refractivity contribution in [3.05, 3.63) is 64.7 Å². The number of amides is 1. The van der Waals surface area contributed by atoms with Gasteiger partial charge >= 0.3 is 0 Å². The van der Waals surface area contributed by atoms with Crippen LogP contribution in [-0.2, 0) is 6.42 Å². The minimum atomic E-state index is -0.149. The van der Waals surface area contributed by atoms with Crippen LogP contribution in [0.5, 0.6) is 0 Å². The Hall–Kier alpha value is -2.00. The van der Waals surface area contributed by atoms with Crippen molar-refractivity contribution in [2.24, 2.45) is 0 Å². The molecule has 0 bridgehead atoms. The summed E-state index contributed by atoms with van der Waals surface area (Å²) < 4.78 is 0. The maximum atomic E-state index is 12.4. The lowest BCUT2D eigenvalue weighted by Crippen LogP contribution is -2.29. The fraction of sp³-hybridized carbons (Fsp3) is 0.188. The van der Waals surface area contributed by atoms with Gasteiger partial charge in [0, 0.05) is 19.3 Å². The molecule has 2 rings (SSSR count). The highest BCUT2D eigenvalue weighted by atomic mass is 35.5. The summed E-state index contributed by atoms with van der Waals surface area (Å²) in [6, 6.07) is 15.1. The Bertz CT molecular complexity index is 578. The van der Waals surface area contributed by atoms with E-state index in [1.54, 1.807) is 30.1 Å². The number of anilines is 1. The number of nitrogens with two attached hydrogens (primary N) is 1. The van der Waals surface area contributed by atoms with E-state index in [1.807, 2.05) is 30.3 Å². The van der Waals surface area contributed by atoms with Gasteiger partial charge in [0.25, 0.3) is 5.91 Å². The van der Waals surface area contributed by atoms with E-state index < -0.39 is 0 Å². The normalized spacial score (nSPS) is 10.3. The molecule has 20 heavy (non-hydrogen) atoms. The highest BCUT2D eigenvalue weighted by Gasteiger charge is 2.17. The van der Waals surface area contributed by atoms with Crippen molar-refractivity contribution in [1.82, 2.24) is 4.90 Å². The van der Waals surface area contributed by atoms with E-state index in [0.29, 0.717) is 22.8 Å². The van der Waals surface area contributed by atoms with Crippen LogP contribution in [0.25, 0.3) is 0 Å². The third-order valence-corrected chi connectivity index (χ3v) is 3.50. The third kappa shape index (κ3) is 3.31. The smallest absolute Gasteiger partial charge is 0.257 e. The Morgan fingerprint density at radius 3 is 2.50 bits per heavy atom. The highest BCUT2D eigenvalue weighted by molar-refractivity contribution is 6.34. The summed E-state index contributed by atoms with van der Waals surface area (Å²) in [7, 11) is 1.76. The standard InChI is InChI=1S/C16H17ClN2O/c1-19(11-10-12-6-3-2-4-7-12)16(20)15-13(17)8-5-9-14(15)18/h2-9H,10-11,18H2,1H3. The first kappa shape index (κ1) is 14.4. The minimum Gasteiger partial charge on any atom is -0.398 e. The second-order valence-corrected chi connectivity index (χ2v) is 5.07. The Balaban J connectivity index is 2.06. The zero-order valence-electron chi connectivity index (χ0n) is 11.3. The molecule has 0 aromatic heterocycles. The van der Waals surface area contributed by atoms with E-state index in [4.69, 9.17) is 17.3 Å². The Morgan fingerprint density at radius 1 is 1.15 bits per heavy atom. The molecule has 2 aromatic rings. The van der Waals surface area contributed by atoms with E-state index in [9.17, 15) is 4.79 Å². The van der Waals surface area contributed by atoms with Gasteiger partial charge in [-0.3, -0.25) is 4.79 Å². The summed E-state index contributed by atoms with van der Waals surface area (Å²) in [6.07, 6.45) is 0.799. The van der Waals surface area contributed by atoms with Gasteiger partial charge in [-0.15, -0.1) is 0 Å². The van der Waals surface area contributed by atoms with E-state index in [2.05, 4.69) is 0 Å². The van der Waals surface area contributed by atoms with Gasteiger partial charge in [0.15, 0.2) is 0 Å². The molecule has 2 N–H and O–H groups in total. The average Bonchev–Trinajstić information content (AvgIpc) is 2.45. The van der Waals surface area contributed by atoms with Gasteiger partial charge in [0.1, 0.15) is 0 Å². The van der Waals surface area contributed by atoms with Crippen LogP contribution in [0.15, 0.2) is 48.5 Å². The molecule has 0 aliphatic carbocycles. The summed E-state index contributed by atoms with van der Waals surface area (Å²) in [5, 5.41) is 0.390. The van der Waals surface area contributed by atoms with Crippen molar-refractivity contribution < 1.29 is 4.79 Å². The number of halogens is 1. The molecule has 0 unspecified atom stereocenters. The summed E-state index contributed by atoms with van der Waals surface area (Å²) >= 11 is 6.06. The quantitative estimate of drug-likeness (QED) is 0.878. The predicted octanol–water partition coefficient (Wildman–Crippen LogP) is 3.24. The van der Waals surface area contributed by atoms with Crippen LogP contribution in [0, 0.1) is 0 Å². The van der Waals surface area contributed by atoms with Gasteiger partial charge in [-0.2, -0.15) is 0 Å². The zero-order chi connectivity index (χ0) is 14.5. The van der Waals surface area contributed by atoms with Crippen LogP contribution in [-0.4, -0.2) is 24.4 Å². The molecule has 0 fully saturated rings. The number of likely N-dealkylation sites (N-methyl/N-ethyl adjacent to an activating group) is 1. The number of nitrogen functional groups attached to an aromatic ring is 1. The molecule has 0 spiro atoms. The molecule has 0 saturated heterocycles. The molecular weight excluding hydrogens is 272 g/mol. The Labute approximate surface area is 124 Å². The van der Waals surface area contributed by atoms with Crippen molar-refractivity contribution >= 4 is 23.2 Å². The van der Waals surface area contributed by atoms with Crippen molar-refractivity contribution in [3.63, 3.8) is 0 Å². The van der Waals surface area contributed by atoms with Crippen LogP contribution >= 0.6 is 11.6 Å². The fourth-order valence-corrected chi connectivity index (χ4v) is 2.26. The largest absolute Gasteiger partial charge is 0.398 e.